The summed E-state index contributed by atoms with van der Waals surface area (Å²) in [5.74, 6) is -1.58. The standard InChI is InChI=1S/C16H14N4O4/c1-9-11(8-12-13(21)17-16(24)19(2)15(12)23)14(22)18-20(9)10-6-4-3-5-7-10/h3-8H,1-2H3,(H,18,22)(H,17,21,24). The number of barbiturate groups is 1. The van der Waals surface area contributed by atoms with Gasteiger partial charge in [0.25, 0.3) is 17.4 Å². The van der Waals surface area contributed by atoms with Crippen LogP contribution >= 0.6 is 0 Å². The molecule has 3 rings (SSSR count). The van der Waals surface area contributed by atoms with Crippen molar-refractivity contribution in [2.24, 2.45) is 0 Å². The number of urea groups is 1. The molecule has 1 aromatic carbocycles. The minimum Gasteiger partial charge on any atom is -0.273 e. The predicted molar refractivity (Wildman–Crippen MR) is 85.4 cm³/mol. The van der Waals surface area contributed by atoms with Gasteiger partial charge in [0.1, 0.15) is 5.57 Å². The van der Waals surface area contributed by atoms with Gasteiger partial charge in [-0.3, -0.25) is 34.4 Å². The summed E-state index contributed by atoms with van der Waals surface area (Å²) in [4.78, 5) is 48.4. The third kappa shape index (κ3) is 2.43. The summed E-state index contributed by atoms with van der Waals surface area (Å²) in [7, 11) is 1.25. The molecule has 0 saturated carbocycles. The Labute approximate surface area is 136 Å². The number of para-hydroxylation sites is 1. The lowest BCUT2D eigenvalue weighted by molar-refractivity contribution is -0.129. The highest BCUT2D eigenvalue weighted by atomic mass is 16.2. The van der Waals surface area contributed by atoms with Gasteiger partial charge in [-0.15, -0.1) is 0 Å². The van der Waals surface area contributed by atoms with Gasteiger partial charge < -0.3 is 0 Å². The van der Waals surface area contributed by atoms with Crippen LogP contribution in [0.4, 0.5) is 4.79 Å². The predicted octanol–water partition coefficient (Wildman–Crippen LogP) is 0.566. The molecule has 24 heavy (non-hydrogen) atoms. The van der Waals surface area contributed by atoms with Crippen molar-refractivity contribution < 1.29 is 14.4 Å². The van der Waals surface area contributed by atoms with E-state index in [2.05, 4.69) is 5.10 Å². The Balaban J connectivity index is 2.10. The lowest BCUT2D eigenvalue weighted by Crippen LogP contribution is -2.52. The maximum absolute atomic E-state index is 12.2. The molecular weight excluding hydrogens is 312 g/mol. The van der Waals surface area contributed by atoms with Gasteiger partial charge in [-0.25, -0.2) is 4.79 Å². The summed E-state index contributed by atoms with van der Waals surface area (Å²) >= 11 is 0. The number of H-pyrrole nitrogens is 1. The van der Waals surface area contributed by atoms with Crippen LogP contribution in [0.25, 0.3) is 11.8 Å². The fourth-order valence-corrected chi connectivity index (χ4v) is 2.43. The number of hydrogen-bond acceptors (Lipinski definition) is 4. The maximum Gasteiger partial charge on any atom is 0.331 e. The lowest BCUT2D eigenvalue weighted by Gasteiger charge is -2.22. The van der Waals surface area contributed by atoms with Crippen LogP contribution in [0, 0.1) is 6.92 Å². The van der Waals surface area contributed by atoms with Crippen LogP contribution in [0.1, 0.15) is 11.3 Å². The third-order valence-corrected chi connectivity index (χ3v) is 3.79. The molecular formula is C16H14N4O4. The number of nitrogens with one attached hydrogen (secondary N) is 2. The molecule has 0 atom stereocenters. The number of rotatable bonds is 2. The van der Waals surface area contributed by atoms with E-state index in [9.17, 15) is 19.2 Å². The lowest BCUT2D eigenvalue weighted by atomic mass is 10.1. The van der Waals surface area contributed by atoms with E-state index in [0.717, 1.165) is 10.6 Å². The summed E-state index contributed by atoms with van der Waals surface area (Å²) in [5.41, 5.74) is 0.753. The normalized spacial score (nSPS) is 16.7. The second-order valence-electron chi connectivity index (χ2n) is 5.29. The van der Waals surface area contributed by atoms with Gasteiger partial charge >= 0.3 is 6.03 Å². The molecule has 122 valence electrons. The van der Waals surface area contributed by atoms with Crippen molar-refractivity contribution in [2.45, 2.75) is 6.92 Å². The third-order valence-electron chi connectivity index (χ3n) is 3.79. The van der Waals surface area contributed by atoms with Gasteiger partial charge in [-0.2, -0.15) is 0 Å². The van der Waals surface area contributed by atoms with Gasteiger partial charge in [0.15, 0.2) is 0 Å². The smallest absolute Gasteiger partial charge is 0.273 e. The second kappa shape index (κ2) is 5.65. The van der Waals surface area contributed by atoms with Gasteiger partial charge in [-0.1, -0.05) is 18.2 Å². The number of imide groups is 2. The van der Waals surface area contributed by atoms with Crippen molar-refractivity contribution >= 4 is 23.9 Å². The van der Waals surface area contributed by atoms with E-state index in [4.69, 9.17) is 0 Å². The molecule has 0 aliphatic carbocycles. The Morgan fingerprint density at radius 2 is 1.71 bits per heavy atom. The average molecular weight is 326 g/mol. The number of likely N-dealkylation sites (N-methyl/N-ethyl adjacent to an activating group) is 1. The van der Waals surface area contributed by atoms with Gasteiger partial charge in [-0.05, 0) is 25.1 Å². The first-order chi connectivity index (χ1) is 11.4. The summed E-state index contributed by atoms with van der Waals surface area (Å²) in [6.07, 6.45) is 1.20. The number of aromatic nitrogens is 2. The van der Waals surface area contributed by atoms with Crippen molar-refractivity contribution in [1.82, 2.24) is 20.0 Å². The van der Waals surface area contributed by atoms with Crippen LogP contribution in [-0.2, 0) is 9.59 Å². The molecule has 0 bridgehead atoms. The van der Waals surface area contributed by atoms with Crippen molar-refractivity contribution in [2.75, 3.05) is 7.05 Å². The van der Waals surface area contributed by atoms with E-state index in [1.165, 1.54) is 13.1 Å². The highest BCUT2D eigenvalue weighted by Gasteiger charge is 2.33. The summed E-state index contributed by atoms with van der Waals surface area (Å²) < 4.78 is 1.56. The molecule has 0 unspecified atom stereocenters. The Kier molecular flexibility index (Phi) is 3.64. The van der Waals surface area contributed by atoms with Crippen molar-refractivity contribution in [1.29, 1.82) is 0 Å². The number of nitrogens with zero attached hydrogens (tertiary/aromatic N) is 2. The molecule has 1 saturated heterocycles. The number of aromatic amines is 1. The van der Waals surface area contributed by atoms with E-state index in [0.29, 0.717) is 5.69 Å². The first kappa shape index (κ1) is 15.5. The van der Waals surface area contributed by atoms with Crippen molar-refractivity contribution in [3.05, 3.63) is 57.5 Å². The Morgan fingerprint density at radius 1 is 1.04 bits per heavy atom. The van der Waals surface area contributed by atoms with E-state index in [1.54, 1.807) is 11.6 Å². The summed E-state index contributed by atoms with van der Waals surface area (Å²) in [6.45, 7) is 1.69. The molecule has 0 radical (unpaired) electrons. The number of benzene rings is 1. The van der Waals surface area contributed by atoms with Gasteiger partial charge in [0.2, 0.25) is 0 Å². The van der Waals surface area contributed by atoms with Gasteiger partial charge in [0, 0.05) is 7.05 Å². The number of amides is 4. The van der Waals surface area contributed by atoms with Crippen LogP contribution in [0.2, 0.25) is 0 Å². The number of carbonyl (C=O) groups is 3. The minimum atomic E-state index is -0.825. The average Bonchev–Trinajstić information content (AvgIpc) is 2.85. The van der Waals surface area contributed by atoms with Crippen molar-refractivity contribution in [3.8, 4) is 5.69 Å². The fourth-order valence-electron chi connectivity index (χ4n) is 2.43. The van der Waals surface area contributed by atoms with Crippen molar-refractivity contribution in [3.63, 3.8) is 0 Å². The fraction of sp³-hybridized carbons (Fsp3) is 0.125. The highest BCUT2D eigenvalue weighted by Crippen LogP contribution is 2.16. The van der Waals surface area contributed by atoms with Crippen LogP contribution in [-0.4, -0.2) is 39.6 Å². The SMILES string of the molecule is Cc1c(C=C2C(=O)NC(=O)N(C)C2=O)c(=O)[nH]n1-c1ccccc1. The topological polar surface area (TPSA) is 104 Å². The first-order valence-corrected chi connectivity index (χ1v) is 7.12. The molecule has 1 fully saturated rings. The molecule has 1 aromatic heterocycles. The largest absolute Gasteiger partial charge is 0.331 e. The molecule has 2 N–H and O–H groups in total. The molecule has 0 spiro atoms. The maximum atomic E-state index is 12.2. The monoisotopic (exact) mass is 326 g/mol. The van der Waals surface area contributed by atoms with E-state index >= 15 is 0 Å². The molecule has 1 aliphatic rings. The zero-order valence-corrected chi connectivity index (χ0v) is 13.0. The second-order valence-corrected chi connectivity index (χ2v) is 5.29. The van der Waals surface area contributed by atoms with Crippen LogP contribution < -0.4 is 10.9 Å². The summed E-state index contributed by atoms with van der Waals surface area (Å²) in [6, 6.07) is 8.32. The van der Waals surface area contributed by atoms with E-state index < -0.39 is 23.4 Å². The quantitative estimate of drug-likeness (QED) is 0.621. The number of hydrogen-bond donors (Lipinski definition) is 2. The van der Waals surface area contributed by atoms with E-state index in [-0.39, 0.29) is 11.1 Å². The van der Waals surface area contributed by atoms with Crippen LogP contribution in [0.5, 0.6) is 0 Å². The van der Waals surface area contributed by atoms with Gasteiger partial charge in [0.05, 0.1) is 16.9 Å². The highest BCUT2D eigenvalue weighted by molar-refractivity contribution is 6.30. The molecule has 8 heteroatoms. The van der Waals surface area contributed by atoms with E-state index in [1.807, 2.05) is 35.6 Å². The molecule has 8 nitrogen and oxygen atoms in total. The summed E-state index contributed by atoms with van der Waals surface area (Å²) in [5, 5.41) is 4.71. The Bertz CT molecular complexity index is 937. The molecule has 2 heterocycles. The van der Waals surface area contributed by atoms with Crippen LogP contribution in [0.3, 0.4) is 0 Å². The Morgan fingerprint density at radius 3 is 2.38 bits per heavy atom. The molecule has 2 aromatic rings. The zero-order valence-electron chi connectivity index (χ0n) is 13.0. The Hall–Kier alpha value is -3.42. The van der Waals surface area contributed by atoms with Crippen LogP contribution in [0.15, 0.2) is 40.7 Å². The molecule has 4 amide bonds. The molecule has 1 aliphatic heterocycles. The zero-order chi connectivity index (χ0) is 17.4. The minimum absolute atomic E-state index is 0.181. The number of carbonyl (C=O) groups excluding carboxylic acids is 3. The first-order valence-electron chi connectivity index (χ1n) is 7.12.